The van der Waals surface area contributed by atoms with Crippen molar-refractivity contribution in [2.75, 3.05) is 25.5 Å². The van der Waals surface area contributed by atoms with Gasteiger partial charge in [0.25, 0.3) is 0 Å². The predicted molar refractivity (Wildman–Crippen MR) is 122 cm³/mol. The van der Waals surface area contributed by atoms with Gasteiger partial charge in [0.1, 0.15) is 0 Å². The van der Waals surface area contributed by atoms with Crippen molar-refractivity contribution in [2.45, 2.75) is 69.4 Å². The minimum absolute atomic E-state index is 0.245. The summed E-state index contributed by atoms with van der Waals surface area (Å²) in [4.78, 5) is 20.5. The van der Waals surface area contributed by atoms with E-state index in [4.69, 9.17) is 0 Å². The smallest absolute Gasteiger partial charge is 0.166 e. The first kappa shape index (κ1) is 19.9. The minimum Gasteiger partial charge on any atom is -0.390 e. The van der Waals surface area contributed by atoms with Gasteiger partial charge in [0, 0.05) is 30.6 Å². The zero-order valence-electron chi connectivity index (χ0n) is 18.6. The number of hydrogen-bond acceptors (Lipinski definition) is 5. The molecular weight excluding hydrogens is 386 g/mol. The Labute approximate surface area is 185 Å². The molecule has 1 aromatic heterocycles. The van der Waals surface area contributed by atoms with E-state index in [0.717, 1.165) is 74.1 Å². The fourth-order valence-corrected chi connectivity index (χ4v) is 7.59. The van der Waals surface area contributed by atoms with Gasteiger partial charge in [0.15, 0.2) is 5.78 Å². The Kier molecular flexibility index (Phi) is 4.77. The average Bonchev–Trinajstić information content (AvgIpc) is 3.20. The number of hydrogen-bond donors (Lipinski definition) is 2. The largest absolute Gasteiger partial charge is 0.390 e. The van der Waals surface area contributed by atoms with E-state index < -0.39 is 5.60 Å². The maximum Gasteiger partial charge on any atom is 0.166 e. The molecule has 0 amide bonds. The quantitative estimate of drug-likeness (QED) is 0.706. The molecule has 5 aliphatic carbocycles. The lowest BCUT2D eigenvalue weighted by Gasteiger charge is -2.58. The Hall–Kier alpha value is -1.72. The van der Waals surface area contributed by atoms with Gasteiger partial charge in [-0.15, -0.1) is 0 Å². The van der Waals surface area contributed by atoms with Gasteiger partial charge in [0.2, 0.25) is 0 Å². The second-order valence-electron chi connectivity index (χ2n) is 11.3. The van der Waals surface area contributed by atoms with Crippen LogP contribution in [0.5, 0.6) is 0 Å². The fraction of sp³-hybridized carbons (Fsp3) is 0.692. The Bertz CT molecular complexity index is 901. The van der Waals surface area contributed by atoms with Crippen molar-refractivity contribution in [3.05, 3.63) is 29.1 Å². The Morgan fingerprint density at radius 2 is 1.97 bits per heavy atom. The third-order valence-electron chi connectivity index (χ3n) is 8.96. The van der Waals surface area contributed by atoms with Crippen LogP contribution in [0.1, 0.15) is 73.0 Å². The molecule has 0 spiro atoms. The molecule has 2 heterocycles. The number of nitrogens with zero attached hydrogens (tertiary/aromatic N) is 2. The molecule has 4 saturated carbocycles. The SMILES string of the molecule is CN1CCC(CC(=O)c2cnc3c(c2NC2C4CC5CC2CC(O)(C5)C4)C=CC3)CC1. The lowest BCUT2D eigenvalue weighted by atomic mass is 9.52. The number of likely N-dealkylation sites (tertiary alicyclic amines) is 1. The summed E-state index contributed by atoms with van der Waals surface area (Å²) in [5.41, 5.74) is 3.60. The number of aliphatic hydroxyl groups is 1. The van der Waals surface area contributed by atoms with Crippen LogP contribution in [0.25, 0.3) is 6.08 Å². The van der Waals surface area contributed by atoms with E-state index in [0.29, 0.717) is 36.1 Å². The molecular formula is C26H35N3O2. The van der Waals surface area contributed by atoms with Gasteiger partial charge in [-0.3, -0.25) is 9.78 Å². The van der Waals surface area contributed by atoms with Crippen LogP contribution in [-0.2, 0) is 6.42 Å². The minimum atomic E-state index is -0.429. The highest BCUT2D eigenvalue weighted by Crippen LogP contribution is 2.56. The molecule has 31 heavy (non-hydrogen) atoms. The lowest BCUT2D eigenvalue weighted by molar-refractivity contribution is -0.129. The molecule has 2 N–H and O–H groups in total. The number of fused-ring (bicyclic) bond motifs is 1. The van der Waals surface area contributed by atoms with Crippen LogP contribution in [0.15, 0.2) is 12.3 Å². The number of Topliss-reactive ketones (excluding diaryl/α,β-unsaturated/α-hetero) is 1. The van der Waals surface area contributed by atoms with Gasteiger partial charge in [-0.1, -0.05) is 12.2 Å². The molecule has 166 valence electrons. The molecule has 5 heteroatoms. The van der Waals surface area contributed by atoms with E-state index in [1.807, 2.05) is 6.20 Å². The van der Waals surface area contributed by atoms with Gasteiger partial charge in [-0.2, -0.15) is 0 Å². The van der Waals surface area contributed by atoms with Crippen LogP contribution < -0.4 is 5.32 Å². The fourth-order valence-electron chi connectivity index (χ4n) is 7.59. The predicted octanol–water partition coefficient (Wildman–Crippen LogP) is 3.92. The van der Waals surface area contributed by atoms with Gasteiger partial charge in [-0.05, 0) is 88.8 Å². The maximum absolute atomic E-state index is 13.5. The molecule has 2 atom stereocenters. The lowest BCUT2D eigenvalue weighted by Crippen LogP contribution is -2.59. The molecule has 1 saturated heterocycles. The molecule has 6 aliphatic rings. The average molecular weight is 422 g/mol. The number of pyridine rings is 1. The normalized spacial score (nSPS) is 36.7. The van der Waals surface area contributed by atoms with Crippen molar-refractivity contribution in [3.63, 3.8) is 0 Å². The first-order valence-electron chi connectivity index (χ1n) is 12.4. The van der Waals surface area contributed by atoms with Crippen LogP contribution in [-0.4, -0.2) is 52.6 Å². The van der Waals surface area contributed by atoms with Crippen molar-refractivity contribution in [1.29, 1.82) is 0 Å². The van der Waals surface area contributed by atoms with E-state index in [-0.39, 0.29) is 5.78 Å². The number of anilines is 1. The summed E-state index contributed by atoms with van der Waals surface area (Å²) >= 11 is 0. The first-order chi connectivity index (χ1) is 15.0. The van der Waals surface area contributed by atoms with Crippen molar-refractivity contribution >= 4 is 17.5 Å². The van der Waals surface area contributed by atoms with Crippen molar-refractivity contribution < 1.29 is 9.90 Å². The van der Waals surface area contributed by atoms with Gasteiger partial charge in [-0.25, -0.2) is 0 Å². The van der Waals surface area contributed by atoms with Crippen molar-refractivity contribution in [3.8, 4) is 0 Å². The number of nitrogens with one attached hydrogen (secondary N) is 1. The van der Waals surface area contributed by atoms with Crippen molar-refractivity contribution in [1.82, 2.24) is 9.88 Å². The van der Waals surface area contributed by atoms with E-state index >= 15 is 0 Å². The molecule has 2 unspecified atom stereocenters. The van der Waals surface area contributed by atoms with Crippen LogP contribution >= 0.6 is 0 Å². The van der Waals surface area contributed by atoms with Gasteiger partial charge < -0.3 is 15.3 Å². The van der Waals surface area contributed by atoms with Crippen LogP contribution in [0.2, 0.25) is 0 Å². The number of rotatable bonds is 5. The number of allylic oxidation sites excluding steroid dienone is 1. The maximum atomic E-state index is 13.5. The van der Waals surface area contributed by atoms with E-state index in [1.54, 1.807) is 0 Å². The number of aromatic nitrogens is 1. The molecule has 5 nitrogen and oxygen atoms in total. The Morgan fingerprint density at radius 1 is 1.23 bits per heavy atom. The highest BCUT2D eigenvalue weighted by Gasteiger charge is 2.54. The first-order valence-corrected chi connectivity index (χ1v) is 12.4. The number of piperidine rings is 1. The van der Waals surface area contributed by atoms with E-state index in [1.165, 1.54) is 12.8 Å². The van der Waals surface area contributed by atoms with Gasteiger partial charge >= 0.3 is 0 Å². The van der Waals surface area contributed by atoms with Crippen LogP contribution in [0, 0.1) is 23.7 Å². The molecule has 5 fully saturated rings. The summed E-state index contributed by atoms with van der Waals surface area (Å²) in [6.45, 7) is 2.17. The number of ketones is 1. The second-order valence-corrected chi connectivity index (χ2v) is 11.3. The zero-order valence-corrected chi connectivity index (χ0v) is 18.6. The van der Waals surface area contributed by atoms with Gasteiger partial charge in [0.05, 0.1) is 22.5 Å². The molecule has 1 aliphatic heterocycles. The summed E-state index contributed by atoms with van der Waals surface area (Å²) in [5.74, 6) is 2.45. The zero-order chi connectivity index (χ0) is 21.2. The Morgan fingerprint density at radius 3 is 2.68 bits per heavy atom. The molecule has 1 aromatic rings. The molecule has 7 rings (SSSR count). The highest BCUT2D eigenvalue weighted by molar-refractivity contribution is 6.03. The molecule has 0 radical (unpaired) electrons. The topological polar surface area (TPSA) is 65.5 Å². The van der Waals surface area contributed by atoms with E-state index in [9.17, 15) is 9.90 Å². The van der Waals surface area contributed by atoms with Crippen LogP contribution in [0.3, 0.4) is 0 Å². The summed E-state index contributed by atoms with van der Waals surface area (Å²) in [6.07, 6.45) is 15.1. The number of carbonyl (C=O) groups excluding carboxylic acids is 1. The number of carbonyl (C=O) groups is 1. The molecule has 0 aromatic carbocycles. The molecule has 4 bridgehead atoms. The van der Waals surface area contributed by atoms with Crippen molar-refractivity contribution in [2.24, 2.45) is 23.7 Å². The monoisotopic (exact) mass is 421 g/mol. The third kappa shape index (κ3) is 3.54. The summed E-state index contributed by atoms with van der Waals surface area (Å²) < 4.78 is 0. The summed E-state index contributed by atoms with van der Waals surface area (Å²) in [6, 6.07) is 0.368. The standard InChI is InChI=1S/C26H35N3O2/c1-29-7-5-16(6-8-29)11-23(30)21-15-27-22-4-2-3-20(22)25(21)28-24-18-9-17-10-19(24)14-26(31,12-17)13-18/h2-3,15-19,24,31H,4-14H2,1H3,(H,27,28). The van der Waals surface area contributed by atoms with E-state index in [2.05, 4.69) is 34.4 Å². The summed E-state index contributed by atoms with van der Waals surface area (Å²) in [7, 11) is 2.17. The second kappa shape index (κ2) is 7.41. The highest BCUT2D eigenvalue weighted by atomic mass is 16.3. The summed E-state index contributed by atoms with van der Waals surface area (Å²) in [5, 5.41) is 14.9. The Balaban J connectivity index is 1.27. The third-order valence-corrected chi connectivity index (χ3v) is 8.96. The van der Waals surface area contributed by atoms with Crippen LogP contribution in [0.4, 0.5) is 5.69 Å².